The minimum atomic E-state index is -0.654. The van der Waals surface area contributed by atoms with Gasteiger partial charge in [-0.3, -0.25) is 0 Å². The van der Waals surface area contributed by atoms with E-state index in [1.165, 1.54) is 0 Å². The van der Waals surface area contributed by atoms with Crippen LogP contribution in [0.5, 0.6) is 0 Å². The van der Waals surface area contributed by atoms with Gasteiger partial charge >= 0.3 is 6.09 Å². The highest BCUT2D eigenvalue weighted by Gasteiger charge is 2.22. The molecule has 1 atom stereocenters. The lowest BCUT2D eigenvalue weighted by atomic mass is 10.1. The van der Waals surface area contributed by atoms with Gasteiger partial charge in [0.15, 0.2) is 0 Å². The number of carbonyl (C=O) groups excluding carboxylic acids is 1. The van der Waals surface area contributed by atoms with Crippen molar-refractivity contribution in [2.75, 3.05) is 0 Å². The molecule has 0 saturated heterocycles. The Kier molecular flexibility index (Phi) is 5.20. The zero-order chi connectivity index (χ0) is 15.4. The van der Waals surface area contributed by atoms with Gasteiger partial charge in [-0.25, -0.2) is 4.79 Å². The summed E-state index contributed by atoms with van der Waals surface area (Å²) in [5.74, 6) is 6.11. The lowest BCUT2D eigenvalue weighted by Gasteiger charge is -2.24. The second kappa shape index (κ2) is 6.29. The number of hydrogen-bond donors (Lipinski definition) is 1. The monoisotopic (exact) mass is 291 g/mol. The van der Waals surface area contributed by atoms with E-state index in [0.717, 1.165) is 10.9 Å². The van der Waals surface area contributed by atoms with Crippen molar-refractivity contribution in [3.63, 3.8) is 0 Å². The third-order valence-electron chi connectivity index (χ3n) is 2.22. The van der Waals surface area contributed by atoms with Gasteiger partial charge in [0.1, 0.15) is 5.60 Å². The van der Waals surface area contributed by atoms with Crippen LogP contribution in [0.2, 0.25) is 0 Å². The van der Waals surface area contributed by atoms with E-state index in [1.54, 1.807) is 0 Å². The van der Waals surface area contributed by atoms with Crippen molar-refractivity contribution in [3.8, 4) is 11.8 Å². The molecule has 0 spiro atoms. The van der Waals surface area contributed by atoms with Gasteiger partial charge in [0, 0.05) is 5.56 Å². The van der Waals surface area contributed by atoms with Gasteiger partial charge in [-0.1, -0.05) is 24.0 Å². The highest BCUT2D eigenvalue weighted by atomic mass is 31.0. The predicted octanol–water partition coefficient (Wildman–Crippen LogP) is 2.84. The molecule has 4 heteroatoms. The van der Waals surface area contributed by atoms with Crippen LogP contribution in [0.4, 0.5) is 4.79 Å². The van der Waals surface area contributed by atoms with Crippen LogP contribution in [-0.2, 0) is 4.74 Å². The van der Waals surface area contributed by atoms with E-state index in [4.69, 9.17) is 4.74 Å². The summed E-state index contributed by atoms with van der Waals surface area (Å²) < 4.78 is 5.22. The molecule has 0 heterocycles. The van der Waals surface area contributed by atoms with E-state index in [2.05, 4.69) is 26.4 Å². The lowest BCUT2D eigenvalue weighted by molar-refractivity contribution is 0.0494. The number of alkyl carbamates (subject to hydrolysis) is 1. The maximum absolute atomic E-state index is 11.7. The molecule has 0 aromatic heterocycles. The molecule has 0 radical (unpaired) electrons. The fourth-order valence-corrected chi connectivity index (χ4v) is 1.73. The first kappa shape index (κ1) is 16.5. The summed E-state index contributed by atoms with van der Waals surface area (Å²) >= 11 is 0. The largest absolute Gasteiger partial charge is 0.444 e. The van der Waals surface area contributed by atoms with Gasteiger partial charge in [-0.05, 0) is 52.1 Å². The smallest absolute Gasteiger partial charge is 0.408 e. The molecule has 0 bridgehead atoms. The minimum Gasteiger partial charge on any atom is -0.444 e. The van der Waals surface area contributed by atoms with Crippen molar-refractivity contribution in [2.45, 2.75) is 45.8 Å². The highest BCUT2D eigenvalue weighted by Crippen LogP contribution is 2.09. The molecule has 1 N–H and O–H groups in total. The first-order valence-electron chi connectivity index (χ1n) is 6.47. The Morgan fingerprint density at radius 2 is 1.90 bits per heavy atom. The molecule has 0 aliphatic heterocycles. The Morgan fingerprint density at radius 1 is 1.25 bits per heavy atom. The maximum Gasteiger partial charge on any atom is 0.408 e. The Balaban J connectivity index is 2.73. The molecule has 1 aromatic rings. The summed E-state index contributed by atoms with van der Waals surface area (Å²) in [6, 6.07) is 7.84. The summed E-state index contributed by atoms with van der Waals surface area (Å²) in [6.45, 7) is 9.17. The molecule has 20 heavy (non-hydrogen) atoms. The van der Waals surface area contributed by atoms with E-state index in [0.29, 0.717) is 0 Å². The third kappa shape index (κ3) is 6.59. The number of nitrogens with one attached hydrogen (secondary N) is 1. The van der Waals surface area contributed by atoms with Crippen molar-refractivity contribution >= 4 is 20.6 Å². The molecule has 0 aliphatic rings. The Morgan fingerprint density at radius 3 is 2.45 bits per heavy atom. The molecular formula is C16H22NO2P. The normalized spacial score (nSPS) is 11.3. The van der Waals surface area contributed by atoms with Crippen molar-refractivity contribution in [2.24, 2.45) is 0 Å². The van der Waals surface area contributed by atoms with E-state index < -0.39 is 17.2 Å². The van der Waals surface area contributed by atoms with E-state index in [1.807, 2.05) is 58.9 Å². The molecule has 3 nitrogen and oxygen atoms in total. The number of benzene rings is 1. The zero-order valence-corrected chi connectivity index (χ0v) is 13.9. The molecule has 108 valence electrons. The molecule has 0 saturated carbocycles. The number of hydrogen-bond acceptors (Lipinski definition) is 2. The van der Waals surface area contributed by atoms with Crippen LogP contribution in [-0.4, -0.2) is 17.2 Å². The van der Waals surface area contributed by atoms with Gasteiger partial charge in [0.25, 0.3) is 0 Å². The topological polar surface area (TPSA) is 38.3 Å². The molecule has 1 aromatic carbocycles. The van der Waals surface area contributed by atoms with Crippen LogP contribution in [0.1, 0.15) is 40.2 Å². The van der Waals surface area contributed by atoms with Gasteiger partial charge < -0.3 is 10.1 Å². The van der Waals surface area contributed by atoms with Crippen LogP contribution >= 0.6 is 9.24 Å². The van der Waals surface area contributed by atoms with E-state index >= 15 is 0 Å². The summed E-state index contributed by atoms with van der Waals surface area (Å²) in [5, 5.41) is 3.84. The molecule has 0 aliphatic carbocycles. The van der Waals surface area contributed by atoms with Crippen LogP contribution in [0.3, 0.4) is 0 Å². The highest BCUT2D eigenvalue weighted by molar-refractivity contribution is 7.27. The van der Waals surface area contributed by atoms with Crippen LogP contribution in [0.15, 0.2) is 24.3 Å². The van der Waals surface area contributed by atoms with Gasteiger partial charge in [0.2, 0.25) is 0 Å². The van der Waals surface area contributed by atoms with E-state index in [9.17, 15) is 4.79 Å². The zero-order valence-electron chi connectivity index (χ0n) is 12.7. The van der Waals surface area contributed by atoms with Gasteiger partial charge in [-0.2, -0.15) is 0 Å². The first-order chi connectivity index (χ1) is 9.07. The summed E-state index contributed by atoms with van der Waals surface area (Å²) in [4.78, 5) is 11.7. The summed E-state index contributed by atoms with van der Waals surface area (Å²) in [6.07, 6.45) is -0.461. The number of ether oxygens (including phenoxy) is 1. The fourth-order valence-electron chi connectivity index (χ4n) is 1.43. The molecular weight excluding hydrogens is 269 g/mol. The van der Waals surface area contributed by atoms with E-state index in [-0.39, 0.29) is 0 Å². The summed E-state index contributed by atoms with van der Waals surface area (Å²) in [5.41, 5.74) is -0.253. The third-order valence-corrected chi connectivity index (χ3v) is 2.58. The number of carbonyl (C=O) groups is 1. The Bertz CT molecular complexity index is 548. The average molecular weight is 291 g/mol. The van der Waals surface area contributed by atoms with Crippen molar-refractivity contribution in [3.05, 3.63) is 29.8 Å². The van der Waals surface area contributed by atoms with Crippen LogP contribution in [0, 0.1) is 11.8 Å². The Labute approximate surface area is 123 Å². The fraction of sp³-hybridized carbons (Fsp3) is 0.438. The van der Waals surface area contributed by atoms with Crippen molar-refractivity contribution < 1.29 is 9.53 Å². The molecule has 1 amide bonds. The SMILES string of the molecule is CC(C)(C#Cc1cccc(P)c1)NC(=O)OC(C)(C)C. The summed E-state index contributed by atoms with van der Waals surface area (Å²) in [7, 11) is 2.63. The Hall–Kier alpha value is -1.52. The number of amides is 1. The molecule has 0 fully saturated rings. The van der Waals surface area contributed by atoms with Crippen LogP contribution < -0.4 is 10.6 Å². The second-order valence-electron chi connectivity index (χ2n) is 6.13. The lowest BCUT2D eigenvalue weighted by Crippen LogP contribution is -2.44. The quantitative estimate of drug-likeness (QED) is 0.638. The van der Waals surface area contributed by atoms with Crippen molar-refractivity contribution in [1.29, 1.82) is 0 Å². The maximum atomic E-state index is 11.7. The van der Waals surface area contributed by atoms with Gasteiger partial charge in [0.05, 0.1) is 5.54 Å². The minimum absolute atomic E-state index is 0.461. The first-order valence-corrected chi connectivity index (χ1v) is 7.05. The average Bonchev–Trinajstić information content (AvgIpc) is 2.23. The van der Waals surface area contributed by atoms with Crippen molar-refractivity contribution in [1.82, 2.24) is 5.32 Å². The van der Waals surface area contributed by atoms with Gasteiger partial charge in [-0.15, -0.1) is 9.24 Å². The predicted molar refractivity (Wildman–Crippen MR) is 86.1 cm³/mol. The van der Waals surface area contributed by atoms with Crippen LogP contribution in [0.25, 0.3) is 0 Å². The number of rotatable bonds is 1. The second-order valence-corrected chi connectivity index (χ2v) is 6.79. The molecule has 1 unspecified atom stereocenters. The standard InChI is InChI=1S/C16H22NO2P/c1-15(2,3)19-14(18)17-16(4,5)10-9-12-7-6-8-13(20)11-12/h6-8,11H,20H2,1-5H3,(H,17,18). The molecule has 1 rings (SSSR count).